The van der Waals surface area contributed by atoms with Crippen LogP contribution in [-0.4, -0.2) is 51.3 Å². The van der Waals surface area contributed by atoms with Gasteiger partial charge in [0.15, 0.2) is 0 Å². The third-order valence-corrected chi connectivity index (χ3v) is 8.43. The zero-order chi connectivity index (χ0) is 26.9. The van der Waals surface area contributed by atoms with Crippen molar-refractivity contribution < 1.29 is 0 Å². The number of rotatable bonds is 7. The lowest BCUT2D eigenvalue weighted by Crippen LogP contribution is -2.29. The molecule has 40 heavy (non-hydrogen) atoms. The molecule has 4 aromatic heterocycles. The van der Waals surface area contributed by atoms with E-state index < -0.39 is 0 Å². The molecule has 8 nitrogen and oxygen atoms in total. The second-order valence-electron chi connectivity index (χ2n) is 11.3. The number of pyridine rings is 2. The fourth-order valence-electron chi connectivity index (χ4n) is 6.31. The molecule has 0 atom stereocenters. The van der Waals surface area contributed by atoms with Crippen LogP contribution in [0.3, 0.4) is 0 Å². The summed E-state index contributed by atoms with van der Waals surface area (Å²) in [4.78, 5) is 15.1. The summed E-state index contributed by atoms with van der Waals surface area (Å²) in [6.07, 6.45) is 14.9. The first-order valence-electron chi connectivity index (χ1n) is 14.5. The Morgan fingerprint density at radius 1 is 0.900 bits per heavy atom. The molecular weight excluding hydrogens is 496 g/mol. The Morgan fingerprint density at radius 2 is 1.75 bits per heavy atom. The lowest BCUT2D eigenvalue weighted by atomic mass is 9.93. The normalized spacial score (nSPS) is 16.6. The predicted molar refractivity (Wildman–Crippen MR) is 163 cm³/mol. The van der Waals surface area contributed by atoms with E-state index in [1.54, 1.807) is 0 Å². The van der Waals surface area contributed by atoms with Gasteiger partial charge in [-0.2, -0.15) is 5.10 Å². The fraction of sp³-hybridized carbons (Fsp3) is 0.344. The van der Waals surface area contributed by atoms with Gasteiger partial charge in [-0.15, -0.1) is 0 Å². The molecule has 0 radical (unpaired) electrons. The molecule has 204 valence electrons. The van der Waals surface area contributed by atoms with Gasteiger partial charge < -0.3 is 20.5 Å². The van der Waals surface area contributed by atoms with Gasteiger partial charge in [-0.3, -0.25) is 15.1 Å². The van der Waals surface area contributed by atoms with Crippen molar-refractivity contribution >= 4 is 33.2 Å². The van der Waals surface area contributed by atoms with E-state index >= 15 is 0 Å². The van der Waals surface area contributed by atoms with Crippen molar-refractivity contribution in [2.45, 2.75) is 38.5 Å². The summed E-state index contributed by atoms with van der Waals surface area (Å²) in [5.74, 6) is 0.690. The molecule has 0 bridgehead atoms. The first-order valence-corrected chi connectivity index (χ1v) is 14.5. The number of benzene rings is 1. The minimum Gasteiger partial charge on any atom is -0.370 e. The van der Waals surface area contributed by atoms with Crippen LogP contribution in [0.25, 0.3) is 44.3 Å². The van der Waals surface area contributed by atoms with Crippen molar-refractivity contribution in [1.82, 2.24) is 30.5 Å². The molecule has 2 saturated heterocycles. The average molecular weight is 533 g/mol. The Hall–Kier alpha value is -4.17. The highest BCUT2D eigenvalue weighted by molar-refractivity contribution is 6.00. The first-order chi connectivity index (χ1) is 19.7. The summed E-state index contributed by atoms with van der Waals surface area (Å²) < 4.78 is 0. The van der Waals surface area contributed by atoms with E-state index in [4.69, 9.17) is 5.10 Å². The minimum atomic E-state index is 0.690. The fourth-order valence-corrected chi connectivity index (χ4v) is 6.31. The Labute approximate surface area is 234 Å². The van der Waals surface area contributed by atoms with Crippen molar-refractivity contribution in [2.75, 3.05) is 36.4 Å². The number of aromatic amines is 2. The Balaban J connectivity index is 1.17. The molecule has 0 aliphatic carbocycles. The number of anilines is 2. The van der Waals surface area contributed by atoms with Crippen LogP contribution in [0, 0.1) is 5.92 Å². The summed E-state index contributed by atoms with van der Waals surface area (Å²) in [5, 5.41) is 17.2. The average Bonchev–Trinajstić information content (AvgIpc) is 3.62. The molecule has 0 spiro atoms. The molecule has 4 N–H and O–H groups in total. The number of fused-ring (bicyclic) bond motifs is 2. The molecule has 0 saturated carbocycles. The largest absolute Gasteiger partial charge is 0.370 e. The molecule has 2 fully saturated rings. The van der Waals surface area contributed by atoms with Crippen molar-refractivity contribution in [3.63, 3.8) is 0 Å². The second kappa shape index (κ2) is 10.8. The van der Waals surface area contributed by atoms with Crippen molar-refractivity contribution in [3.8, 4) is 22.5 Å². The first kappa shape index (κ1) is 24.8. The van der Waals surface area contributed by atoms with Crippen LogP contribution in [0.2, 0.25) is 0 Å². The molecule has 8 heteroatoms. The van der Waals surface area contributed by atoms with E-state index in [2.05, 4.69) is 72.5 Å². The van der Waals surface area contributed by atoms with E-state index in [0.717, 1.165) is 82.9 Å². The quantitative estimate of drug-likeness (QED) is 0.192. The molecule has 5 aromatic rings. The smallest absolute Gasteiger partial charge is 0.116 e. The van der Waals surface area contributed by atoms with Gasteiger partial charge in [-0.1, -0.05) is 12.6 Å². The number of piperidine rings is 2. The Bertz CT molecular complexity index is 1650. The van der Waals surface area contributed by atoms with E-state index in [9.17, 15) is 0 Å². The Morgan fingerprint density at radius 3 is 2.62 bits per heavy atom. The van der Waals surface area contributed by atoms with Crippen LogP contribution >= 0.6 is 0 Å². The van der Waals surface area contributed by atoms with Gasteiger partial charge in [-0.25, -0.2) is 0 Å². The number of hydrogen-bond acceptors (Lipinski definition) is 6. The SMILES string of the molecule is C=C(CC1CCNCC1)Nc1cncc(-c2ccc3[nH]nc(-c4cc5c(N6CCCCC6)cncc5[nH]4)c3c2)c1. The van der Waals surface area contributed by atoms with Gasteiger partial charge in [0.2, 0.25) is 0 Å². The molecule has 1 aromatic carbocycles. The monoisotopic (exact) mass is 532 g/mol. The molecule has 0 unspecified atom stereocenters. The minimum absolute atomic E-state index is 0.690. The molecule has 2 aliphatic rings. The highest BCUT2D eigenvalue weighted by Gasteiger charge is 2.18. The lowest BCUT2D eigenvalue weighted by molar-refractivity contribution is 0.373. The van der Waals surface area contributed by atoms with Crippen LogP contribution < -0.4 is 15.5 Å². The lowest BCUT2D eigenvalue weighted by Gasteiger charge is -2.28. The van der Waals surface area contributed by atoms with E-state index in [1.807, 2.05) is 24.8 Å². The maximum Gasteiger partial charge on any atom is 0.116 e. The molecule has 7 rings (SSSR count). The van der Waals surface area contributed by atoms with Crippen LogP contribution in [-0.2, 0) is 0 Å². The molecule has 2 aliphatic heterocycles. The third kappa shape index (κ3) is 4.95. The molecule has 0 amide bonds. The highest BCUT2D eigenvalue weighted by atomic mass is 15.1. The Kier molecular flexibility index (Phi) is 6.69. The van der Waals surface area contributed by atoms with Gasteiger partial charge >= 0.3 is 0 Å². The topological polar surface area (TPSA) is 97.5 Å². The summed E-state index contributed by atoms with van der Waals surface area (Å²) >= 11 is 0. The van der Waals surface area contributed by atoms with E-state index in [-0.39, 0.29) is 0 Å². The van der Waals surface area contributed by atoms with E-state index in [1.165, 1.54) is 43.2 Å². The second-order valence-corrected chi connectivity index (χ2v) is 11.3. The highest BCUT2D eigenvalue weighted by Crippen LogP contribution is 2.35. The number of aromatic nitrogens is 5. The van der Waals surface area contributed by atoms with Crippen LogP contribution in [0.4, 0.5) is 11.4 Å². The van der Waals surface area contributed by atoms with Crippen molar-refractivity contribution in [2.24, 2.45) is 5.92 Å². The zero-order valence-corrected chi connectivity index (χ0v) is 22.8. The van der Waals surface area contributed by atoms with Gasteiger partial charge in [0.25, 0.3) is 0 Å². The van der Waals surface area contributed by atoms with Gasteiger partial charge in [0.1, 0.15) is 5.69 Å². The standard InChI is InChI=1S/C32H36N8/c1-21(13-22-7-9-33-10-8-22)36-25-14-24(17-34-18-25)23-5-6-28-27(15-23)32(39-38-28)29-16-26-30(37-29)19-35-20-31(26)40-11-3-2-4-12-40/h5-6,14-20,22,33,36-37H,1-4,7-13H2,(H,38,39). The van der Waals surface area contributed by atoms with Gasteiger partial charge in [-0.05, 0) is 87.4 Å². The number of allylic oxidation sites excluding steroid dienone is 1. The van der Waals surface area contributed by atoms with Crippen molar-refractivity contribution in [3.05, 3.63) is 67.4 Å². The number of nitrogens with one attached hydrogen (secondary N) is 4. The van der Waals surface area contributed by atoms with Gasteiger partial charge in [0.05, 0.1) is 46.7 Å². The maximum atomic E-state index is 4.72. The summed E-state index contributed by atoms with van der Waals surface area (Å²) in [5.41, 5.74) is 9.33. The summed E-state index contributed by atoms with van der Waals surface area (Å²) in [6.45, 7) is 8.67. The summed E-state index contributed by atoms with van der Waals surface area (Å²) in [7, 11) is 0. The maximum absolute atomic E-state index is 4.72. The van der Waals surface area contributed by atoms with Crippen LogP contribution in [0.15, 0.2) is 67.4 Å². The van der Waals surface area contributed by atoms with Gasteiger partial charge in [0, 0.05) is 41.3 Å². The number of hydrogen-bond donors (Lipinski definition) is 4. The predicted octanol–water partition coefficient (Wildman–Crippen LogP) is 6.47. The zero-order valence-electron chi connectivity index (χ0n) is 22.8. The summed E-state index contributed by atoms with van der Waals surface area (Å²) in [6, 6.07) is 10.8. The molecular formula is C32H36N8. The molecule has 6 heterocycles. The third-order valence-electron chi connectivity index (χ3n) is 8.43. The van der Waals surface area contributed by atoms with Crippen LogP contribution in [0.5, 0.6) is 0 Å². The number of nitrogens with zero attached hydrogens (tertiary/aromatic N) is 4. The van der Waals surface area contributed by atoms with E-state index in [0.29, 0.717) is 5.92 Å². The van der Waals surface area contributed by atoms with Crippen molar-refractivity contribution in [1.29, 1.82) is 0 Å². The number of H-pyrrole nitrogens is 2. The van der Waals surface area contributed by atoms with Crippen LogP contribution in [0.1, 0.15) is 38.5 Å².